The number of benzene rings is 1. The lowest BCUT2D eigenvalue weighted by Gasteiger charge is -2.08. The quantitative estimate of drug-likeness (QED) is 0.793. The lowest BCUT2D eigenvalue weighted by molar-refractivity contribution is -0.428. The molecular weight excluding hydrogens is 188 g/mol. The molecule has 0 saturated carbocycles. The maximum absolute atomic E-state index is 4.15. The molecule has 0 aliphatic heterocycles. The van der Waals surface area contributed by atoms with E-state index in [9.17, 15) is 0 Å². The van der Waals surface area contributed by atoms with Crippen molar-refractivity contribution >= 4 is 0 Å². The van der Waals surface area contributed by atoms with Crippen molar-refractivity contribution in [3.63, 3.8) is 0 Å². The predicted octanol–water partition coefficient (Wildman–Crippen LogP) is 0.651. The summed E-state index contributed by atoms with van der Waals surface area (Å²) in [7, 11) is 0. The summed E-state index contributed by atoms with van der Waals surface area (Å²) in [5, 5.41) is 4.06. The third kappa shape index (κ3) is 2.63. The number of hydrogen-bond donors (Lipinski definition) is 1. The van der Waals surface area contributed by atoms with Gasteiger partial charge in [-0.15, -0.1) is 0 Å². The molecule has 0 aliphatic carbocycles. The van der Waals surface area contributed by atoms with Crippen LogP contribution in [0.5, 0.6) is 0 Å². The van der Waals surface area contributed by atoms with Crippen LogP contribution in [0.2, 0.25) is 0 Å². The van der Waals surface area contributed by atoms with Crippen LogP contribution in [0, 0.1) is 0 Å². The van der Waals surface area contributed by atoms with Gasteiger partial charge in [0.05, 0.1) is 0 Å². The van der Waals surface area contributed by atoms with E-state index in [4.69, 9.17) is 0 Å². The highest BCUT2D eigenvalue weighted by molar-refractivity contribution is 5.16. The van der Waals surface area contributed by atoms with Crippen LogP contribution in [0.15, 0.2) is 43.0 Å². The molecule has 0 spiro atoms. The van der Waals surface area contributed by atoms with Crippen molar-refractivity contribution in [2.45, 2.75) is 19.0 Å². The first-order valence-corrected chi connectivity index (χ1v) is 5.06. The summed E-state index contributed by atoms with van der Waals surface area (Å²) >= 11 is 0. The highest BCUT2D eigenvalue weighted by Gasteiger charge is 2.08. The molecule has 1 heterocycles. The van der Waals surface area contributed by atoms with Gasteiger partial charge in [-0.3, -0.25) is 4.68 Å². The van der Waals surface area contributed by atoms with E-state index >= 15 is 0 Å². The van der Waals surface area contributed by atoms with E-state index in [1.807, 2.05) is 22.9 Å². The first-order valence-electron chi connectivity index (χ1n) is 5.06. The van der Waals surface area contributed by atoms with Gasteiger partial charge in [0.1, 0.15) is 18.7 Å². The molecule has 0 unspecified atom stereocenters. The Hall–Kier alpha value is -1.68. The maximum atomic E-state index is 4.15. The Morgan fingerprint density at radius 2 is 2.07 bits per heavy atom. The number of aromatic nitrogens is 3. The van der Waals surface area contributed by atoms with Gasteiger partial charge in [0.15, 0.2) is 0 Å². The van der Waals surface area contributed by atoms with Gasteiger partial charge >= 0.3 is 0 Å². The summed E-state index contributed by atoms with van der Waals surface area (Å²) in [5.74, 6) is 0. The SMILES string of the molecule is [NH3+][C@@H](CCn1cncn1)c1ccccc1. The fourth-order valence-electron chi connectivity index (χ4n) is 1.53. The van der Waals surface area contributed by atoms with Crippen LogP contribution in [0.4, 0.5) is 0 Å². The van der Waals surface area contributed by atoms with Crippen molar-refractivity contribution in [2.75, 3.05) is 0 Å². The van der Waals surface area contributed by atoms with E-state index in [1.54, 1.807) is 12.7 Å². The summed E-state index contributed by atoms with van der Waals surface area (Å²) in [6.45, 7) is 0.864. The van der Waals surface area contributed by atoms with Gasteiger partial charge < -0.3 is 5.73 Å². The Kier molecular flexibility index (Phi) is 3.09. The molecular formula is C11H15N4+. The second kappa shape index (κ2) is 4.70. The van der Waals surface area contributed by atoms with Crippen LogP contribution in [0.3, 0.4) is 0 Å². The molecule has 1 atom stereocenters. The zero-order valence-electron chi connectivity index (χ0n) is 8.58. The van der Waals surface area contributed by atoms with Crippen LogP contribution >= 0.6 is 0 Å². The minimum Gasteiger partial charge on any atom is -0.351 e. The molecule has 0 fully saturated rings. The van der Waals surface area contributed by atoms with Crippen molar-refractivity contribution in [1.29, 1.82) is 0 Å². The van der Waals surface area contributed by atoms with Crippen molar-refractivity contribution in [3.05, 3.63) is 48.5 Å². The Morgan fingerprint density at radius 1 is 1.27 bits per heavy atom. The first kappa shape index (κ1) is 9.86. The molecule has 0 aliphatic rings. The van der Waals surface area contributed by atoms with Gasteiger partial charge in [0.25, 0.3) is 0 Å². The summed E-state index contributed by atoms with van der Waals surface area (Å²) < 4.78 is 1.83. The normalized spacial score (nSPS) is 12.6. The van der Waals surface area contributed by atoms with E-state index < -0.39 is 0 Å². The highest BCUT2D eigenvalue weighted by atomic mass is 15.3. The fraction of sp³-hybridized carbons (Fsp3) is 0.273. The summed E-state index contributed by atoms with van der Waals surface area (Å²) in [5.41, 5.74) is 5.42. The van der Waals surface area contributed by atoms with E-state index in [-0.39, 0.29) is 0 Å². The lowest BCUT2D eigenvalue weighted by atomic mass is 10.1. The van der Waals surface area contributed by atoms with Crippen molar-refractivity contribution in [1.82, 2.24) is 14.8 Å². The van der Waals surface area contributed by atoms with Crippen LogP contribution < -0.4 is 5.73 Å². The van der Waals surface area contributed by atoms with Gasteiger partial charge in [-0.2, -0.15) is 5.10 Å². The smallest absolute Gasteiger partial charge is 0.137 e. The number of aryl methyl sites for hydroxylation is 1. The Labute approximate surface area is 88.8 Å². The molecule has 1 aromatic heterocycles. The molecule has 0 amide bonds. The fourth-order valence-corrected chi connectivity index (χ4v) is 1.53. The second-order valence-electron chi connectivity index (χ2n) is 3.55. The number of nitrogens with zero attached hydrogens (tertiary/aromatic N) is 3. The maximum Gasteiger partial charge on any atom is 0.137 e. The largest absolute Gasteiger partial charge is 0.351 e. The summed E-state index contributed by atoms with van der Waals surface area (Å²) in [4.78, 5) is 3.90. The van der Waals surface area contributed by atoms with Crippen LogP contribution in [-0.2, 0) is 6.54 Å². The average Bonchev–Trinajstić information content (AvgIpc) is 2.80. The standard InChI is InChI=1S/C11H14N4/c12-11(10-4-2-1-3-5-10)6-7-15-9-13-8-14-15/h1-5,8-9,11H,6-7,12H2/p+1/t11-/m0/s1. The van der Waals surface area contributed by atoms with Gasteiger partial charge in [-0.05, 0) is 0 Å². The topological polar surface area (TPSA) is 58.4 Å². The van der Waals surface area contributed by atoms with Crippen LogP contribution in [-0.4, -0.2) is 14.8 Å². The zero-order valence-corrected chi connectivity index (χ0v) is 8.58. The molecule has 0 saturated heterocycles. The molecule has 2 rings (SSSR count). The summed E-state index contributed by atoms with van der Waals surface area (Å²) in [6, 6.07) is 10.6. The molecule has 1 aromatic carbocycles. The number of hydrogen-bond acceptors (Lipinski definition) is 2. The summed E-state index contributed by atoms with van der Waals surface area (Å²) in [6.07, 6.45) is 4.27. The molecule has 15 heavy (non-hydrogen) atoms. The minimum atomic E-state index is 0.315. The lowest BCUT2D eigenvalue weighted by Crippen LogP contribution is -2.53. The molecule has 0 bridgehead atoms. The highest BCUT2D eigenvalue weighted by Crippen LogP contribution is 2.11. The number of quaternary nitrogens is 1. The van der Waals surface area contributed by atoms with Gasteiger partial charge in [0.2, 0.25) is 0 Å². The van der Waals surface area contributed by atoms with E-state index in [0.717, 1.165) is 13.0 Å². The van der Waals surface area contributed by atoms with E-state index in [0.29, 0.717) is 6.04 Å². The van der Waals surface area contributed by atoms with E-state index in [2.05, 4.69) is 27.9 Å². The van der Waals surface area contributed by atoms with Crippen molar-refractivity contribution < 1.29 is 5.73 Å². The molecule has 3 N–H and O–H groups in total. The van der Waals surface area contributed by atoms with Gasteiger partial charge in [0, 0.05) is 18.5 Å². The molecule has 2 aromatic rings. The minimum absolute atomic E-state index is 0.315. The van der Waals surface area contributed by atoms with Gasteiger partial charge in [-0.25, -0.2) is 4.98 Å². The van der Waals surface area contributed by atoms with Crippen LogP contribution in [0.25, 0.3) is 0 Å². The Bertz CT molecular complexity index is 382. The average molecular weight is 203 g/mol. The van der Waals surface area contributed by atoms with Crippen LogP contribution in [0.1, 0.15) is 18.0 Å². The molecule has 0 radical (unpaired) electrons. The predicted molar refractivity (Wildman–Crippen MR) is 56.7 cm³/mol. The monoisotopic (exact) mass is 203 g/mol. The van der Waals surface area contributed by atoms with Gasteiger partial charge in [-0.1, -0.05) is 30.3 Å². The number of rotatable bonds is 4. The third-order valence-corrected chi connectivity index (χ3v) is 2.44. The third-order valence-electron chi connectivity index (χ3n) is 2.44. The Morgan fingerprint density at radius 3 is 2.73 bits per heavy atom. The molecule has 78 valence electrons. The second-order valence-corrected chi connectivity index (χ2v) is 3.55. The zero-order chi connectivity index (χ0) is 10.5. The van der Waals surface area contributed by atoms with Crippen molar-refractivity contribution in [2.24, 2.45) is 0 Å². The Balaban J connectivity index is 1.90. The van der Waals surface area contributed by atoms with E-state index in [1.165, 1.54) is 5.56 Å². The van der Waals surface area contributed by atoms with Crippen molar-refractivity contribution in [3.8, 4) is 0 Å². The molecule has 4 heteroatoms. The molecule has 4 nitrogen and oxygen atoms in total. The first-order chi connectivity index (χ1) is 7.36.